The normalized spacial score (nSPS) is 17.1. The van der Waals surface area contributed by atoms with Crippen molar-refractivity contribution in [3.63, 3.8) is 0 Å². The van der Waals surface area contributed by atoms with Crippen LogP contribution in [0.2, 0.25) is 0 Å². The van der Waals surface area contributed by atoms with Crippen LogP contribution in [0.1, 0.15) is 68.1 Å². The molecule has 0 radical (unpaired) electrons. The molecule has 1 fully saturated rings. The number of amides is 1. The summed E-state index contributed by atoms with van der Waals surface area (Å²) < 4.78 is 26.9. The Labute approximate surface area is 191 Å². The Kier molecular flexibility index (Phi) is 6.91. The number of ketones is 1. The number of carbonyl (C=O) groups is 2. The molecule has 172 valence electrons. The van der Waals surface area contributed by atoms with Gasteiger partial charge in [-0.05, 0) is 48.4 Å². The van der Waals surface area contributed by atoms with Gasteiger partial charge >= 0.3 is 0 Å². The molecular weight excluding hydrogens is 424 g/mol. The van der Waals surface area contributed by atoms with Crippen molar-refractivity contribution >= 4 is 21.7 Å². The Hall–Kier alpha value is -2.51. The summed E-state index contributed by atoms with van der Waals surface area (Å²) in [5.74, 6) is -0.341. The fraction of sp³-hybridized carbons (Fsp3) is 0.440. The van der Waals surface area contributed by atoms with Gasteiger partial charge in [-0.25, -0.2) is 8.42 Å². The maximum absolute atomic E-state index is 13.1. The molecule has 1 atom stereocenters. The average molecular weight is 457 g/mol. The highest BCUT2D eigenvalue weighted by molar-refractivity contribution is 7.89. The zero-order chi connectivity index (χ0) is 23.7. The van der Waals surface area contributed by atoms with Gasteiger partial charge in [0, 0.05) is 19.2 Å². The van der Waals surface area contributed by atoms with Crippen LogP contribution in [0, 0.1) is 0 Å². The summed E-state index contributed by atoms with van der Waals surface area (Å²) in [7, 11) is -2.42. The van der Waals surface area contributed by atoms with E-state index in [4.69, 9.17) is 0 Å². The lowest BCUT2D eigenvalue weighted by molar-refractivity contribution is -0.132. The molecule has 0 aromatic heterocycles. The van der Waals surface area contributed by atoms with Gasteiger partial charge in [-0.15, -0.1) is 0 Å². The minimum absolute atomic E-state index is 0.0394. The topological polar surface area (TPSA) is 74.8 Å². The third-order valence-corrected chi connectivity index (χ3v) is 7.88. The van der Waals surface area contributed by atoms with Gasteiger partial charge in [0.2, 0.25) is 15.9 Å². The van der Waals surface area contributed by atoms with Gasteiger partial charge in [0.25, 0.3) is 0 Å². The number of hydrogen-bond donors (Lipinski definition) is 0. The van der Waals surface area contributed by atoms with Gasteiger partial charge in [-0.2, -0.15) is 4.31 Å². The maximum atomic E-state index is 13.1. The quantitative estimate of drug-likeness (QED) is 0.612. The first kappa shape index (κ1) is 24.1. The molecule has 7 heteroatoms. The van der Waals surface area contributed by atoms with E-state index < -0.39 is 10.0 Å². The summed E-state index contributed by atoms with van der Waals surface area (Å²) >= 11 is 0. The summed E-state index contributed by atoms with van der Waals surface area (Å²) in [6, 6.07) is 14.1. The number of carbonyl (C=O) groups excluding carboxylic acids is 2. The molecule has 1 saturated heterocycles. The molecule has 1 aliphatic rings. The molecule has 0 N–H and O–H groups in total. The molecule has 3 rings (SSSR count). The average Bonchev–Trinajstić information content (AvgIpc) is 3.23. The number of hydrogen-bond acceptors (Lipinski definition) is 4. The zero-order valence-electron chi connectivity index (χ0n) is 19.5. The fourth-order valence-corrected chi connectivity index (χ4v) is 5.15. The van der Waals surface area contributed by atoms with Crippen LogP contribution in [0.25, 0.3) is 0 Å². The zero-order valence-corrected chi connectivity index (χ0v) is 20.3. The molecule has 1 unspecified atom stereocenters. The Balaban J connectivity index is 1.73. The Morgan fingerprint density at radius 2 is 1.62 bits per heavy atom. The van der Waals surface area contributed by atoms with Crippen molar-refractivity contribution in [2.75, 3.05) is 20.1 Å². The number of likely N-dealkylation sites (N-methyl/N-ethyl adjacent to an activating group) is 1. The van der Waals surface area contributed by atoms with E-state index >= 15 is 0 Å². The molecule has 1 amide bonds. The fourth-order valence-electron chi connectivity index (χ4n) is 4.02. The van der Waals surface area contributed by atoms with Crippen LogP contribution in [-0.2, 0) is 20.2 Å². The monoisotopic (exact) mass is 456 g/mol. The van der Waals surface area contributed by atoms with Gasteiger partial charge in [-0.1, -0.05) is 57.2 Å². The van der Waals surface area contributed by atoms with E-state index in [-0.39, 0.29) is 34.6 Å². The molecule has 1 heterocycles. The lowest BCUT2D eigenvalue weighted by Gasteiger charge is -2.28. The van der Waals surface area contributed by atoms with Crippen LogP contribution in [-0.4, -0.2) is 49.5 Å². The second-order valence-electron chi connectivity index (χ2n) is 9.46. The van der Waals surface area contributed by atoms with Crippen LogP contribution < -0.4 is 0 Å². The van der Waals surface area contributed by atoms with Crippen LogP contribution in [0.4, 0.5) is 0 Å². The van der Waals surface area contributed by atoms with Gasteiger partial charge in [-0.3, -0.25) is 9.59 Å². The predicted molar refractivity (Wildman–Crippen MR) is 125 cm³/mol. The van der Waals surface area contributed by atoms with Crippen molar-refractivity contribution in [2.45, 2.75) is 56.9 Å². The van der Waals surface area contributed by atoms with E-state index in [1.54, 1.807) is 4.90 Å². The Morgan fingerprint density at radius 3 is 2.16 bits per heavy atom. The molecule has 0 bridgehead atoms. The molecule has 0 saturated carbocycles. The number of likely N-dealkylation sites (tertiary alicyclic amines) is 1. The first-order chi connectivity index (χ1) is 14.9. The third kappa shape index (κ3) is 5.10. The highest BCUT2D eigenvalue weighted by Crippen LogP contribution is 2.33. The number of sulfonamides is 1. The summed E-state index contributed by atoms with van der Waals surface area (Å²) in [5.41, 5.74) is 2.82. The second-order valence-corrected chi connectivity index (χ2v) is 11.5. The number of Topliss-reactive ketones (excluding diaryl/α,β-unsaturated/α-hetero) is 1. The standard InChI is InChI=1S/C25H32N2O4S/c1-18(28)19-10-14-22(15-11-19)32(30,31)26(5)17-24(29)27-16-6-7-23(27)20-8-12-21(13-9-20)25(2,3)4/h8-15,23H,6-7,16-17H2,1-5H3. The van der Waals surface area contributed by atoms with Crippen molar-refractivity contribution < 1.29 is 18.0 Å². The first-order valence-electron chi connectivity index (χ1n) is 10.9. The molecule has 2 aromatic carbocycles. The lowest BCUT2D eigenvalue weighted by Crippen LogP contribution is -2.40. The SMILES string of the molecule is CC(=O)c1ccc(S(=O)(=O)N(C)CC(=O)N2CCCC2c2ccc(C(C)(C)C)cc2)cc1. The summed E-state index contributed by atoms with van der Waals surface area (Å²) in [6.07, 6.45) is 1.75. The van der Waals surface area contributed by atoms with Crippen LogP contribution >= 0.6 is 0 Å². The summed E-state index contributed by atoms with van der Waals surface area (Å²) in [6.45, 7) is 8.31. The molecule has 32 heavy (non-hydrogen) atoms. The van der Waals surface area contributed by atoms with Crippen LogP contribution in [0.15, 0.2) is 53.4 Å². The second kappa shape index (κ2) is 9.16. The highest BCUT2D eigenvalue weighted by Gasteiger charge is 2.32. The van der Waals surface area contributed by atoms with Crippen molar-refractivity contribution in [1.82, 2.24) is 9.21 Å². The number of nitrogens with zero attached hydrogens (tertiary/aromatic N) is 2. The third-order valence-electron chi connectivity index (χ3n) is 6.06. The Morgan fingerprint density at radius 1 is 1.03 bits per heavy atom. The smallest absolute Gasteiger partial charge is 0.243 e. The van der Waals surface area contributed by atoms with Crippen molar-refractivity contribution in [3.05, 3.63) is 65.2 Å². The molecule has 0 spiro atoms. The predicted octanol–water partition coefficient (Wildman–Crippen LogP) is 4.17. The van der Waals surface area contributed by atoms with Crippen LogP contribution in [0.5, 0.6) is 0 Å². The van der Waals surface area contributed by atoms with E-state index in [1.807, 2.05) is 0 Å². The molecule has 2 aromatic rings. The van der Waals surface area contributed by atoms with E-state index in [2.05, 4.69) is 45.0 Å². The minimum Gasteiger partial charge on any atom is -0.335 e. The van der Waals surface area contributed by atoms with Gasteiger partial charge in [0.15, 0.2) is 5.78 Å². The van der Waals surface area contributed by atoms with Gasteiger partial charge in [0.05, 0.1) is 17.5 Å². The van der Waals surface area contributed by atoms with Gasteiger partial charge < -0.3 is 4.90 Å². The largest absolute Gasteiger partial charge is 0.335 e. The number of rotatable bonds is 6. The molecule has 0 aliphatic carbocycles. The molecule has 1 aliphatic heterocycles. The van der Waals surface area contributed by atoms with E-state index in [9.17, 15) is 18.0 Å². The first-order valence-corrected chi connectivity index (χ1v) is 12.3. The lowest BCUT2D eigenvalue weighted by atomic mass is 9.86. The van der Waals surface area contributed by atoms with Crippen molar-refractivity contribution in [2.24, 2.45) is 0 Å². The minimum atomic E-state index is -3.84. The maximum Gasteiger partial charge on any atom is 0.243 e. The number of benzene rings is 2. The van der Waals surface area contributed by atoms with Crippen LogP contribution in [0.3, 0.4) is 0 Å². The highest BCUT2D eigenvalue weighted by atomic mass is 32.2. The van der Waals surface area contributed by atoms with E-state index in [0.717, 1.165) is 22.7 Å². The van der Waals surface area contributed by atoms with Crippen molar-refractivity contribution in [1.29, 1.82) is 0 Å². The van der Waals surface area contributed by atoms with E-state index in [0.29, 0.717) is 12.1 Å². The van der Waals surface area contributed by atoms with Gasteiger partial charge in [0.1, 0.15) is 0 Å². The molecule has 6 nitrogen and oxygen atoms in total. The summed E-state index contributed by atoms with van der Waals surface area (Å²) in [4.78, 5) is 26.4. The van der Waals surface area contributed by atoms with Crippen molar-refractivity contribution in [3.8, 4) is 0 Å². The molecular formula is C25H32N2O4S. The Bertz CT molecular complexity index is 1080. The van der Waals surface area contributed by atoms with E-state index in [1.165, 1.54) is 43.8 Å². The summed E-state index contributed by atoms with van der Waals surface area (Å²) in [5, 5.41) is 0.